The van der Waals surface area contributed by atoms with E-state index < -0.39 is 0 Å². The number of unbranched alkanes of at least 4 members (excludes halogenated alkanes) is 1. The van der Waals surface area contributed by atoms with Crippen molar-refractivity contribution in [1.82, 2.24) is 15.1 Å². The number of nitrogens with zero attached hydrogens (tertiary/aromatic N) is 3. The molecule has 1 aromatic rings. The summed E-state index contributed by atoms with van der Waals surface area (Å²) in [5.74, 6) is 1.69. The maximum atomic E-state index is 5.98. The molecule has 2 saturated heterocycles. The van der Waals surface area contributed by atoms with Crippen molar-refractivity contribution in [2.45, 2.75) is 65.0 Å². The SMILES string of the molecule is CCNC(=NCCCCN1CCCCC1C)N1CCC(COCc2ccccc2)C1.I. The van der Waals surface area contributed by atoms with Crippen LogP contribution in [-0.4, -0.2) is 67.7 Å². The van der Waals surface area contributed by atoms with Crippen molar-refractivity contribution in [3.63, 3.8) is 0 Å². The third-order valence-electron chi connectivity index (χ3n) is 6.44. The highest BCUT2D eigenvalue weighted by molar-refractivity contribution is 14.0. The largest absolute Gasteiger partial charge is 0.376 e. The van der Waals surface area contributed by atoms with Crippen LogP contribution in [0.5, 0.6) is 0 Å². The molecule has 2 aliphatic heterocycles. The zero-order valence-corrected chi connectivity index (χ0v) is 21.9. The van der Waals surface area contributed by atoms with E-state index in [1.807, 2.05) is 6.07 Å². The number of piperidine rings is 1. The summed E-state index contributed by atoms with van der Waals surface area (Å²) in [7, 11) is 0. The van der Waals surface area contributed by atoms with Gasteiger partial charge in [-0.25, -0.2) is 0 Å². The molecule has 3 rings (SSSR count). The number of likely N-dealkylation sites (tertiary alicyclic amines) is 2. The zero-order chi connectivity index (χ0) is 21.0. The highest BCUT2D eigenvalue weighted by Crippen LogP contribution is 2.18. The van der Waals surface area contributed by atoms with E-state index in [0.717, 1.165) is 44.8 Å². The van der Waals surface area contributed by atoms with Gasteiger partial charge in [-0.3, -0.25) is 4.99 Å². The summed E-state index contributed by atoms with van der Waals surface area (Å²) in [5, 5.41) is 3.50. The van der Waals surface area contributed by atoms with Crippen LogP contribution in [0, 0.1) is 5.92 Å². The average molecular weight is 543 g/mol. The monoisotopic (exact) mass is 542 g/mol. The first-order chi connectivity index (χ1) is 14.8. The molecule has 2 fully saturated rings. The highest BCUT2D eigenvalue weighted by atomic mass is 127. The van der Waals surface area contributed by atoms with Gasteiger partial charge in [0.25, 0.3) is 0 Å². The predicted molar refractivity (Wildman–Crippen MR) is 141 cm³/mol. The Kier molecular flexibility index (Phi) is 12.8. The van der Waals surface area contributed by atoms with Crippen molar-refractivity contribution in [3.05, 3.63) is 35.9 Å². The summed E-state index contributed by atoms with van der Waals surface area (Å²) < 4.78 is 5.98. The Morgan fingerprint density at radius 2 is 1.97 bits per heavy atom. The van der Waals surface area contributed by atoms with E-state index in [4.69, 9.17) is 9.73 Å². The van der Waals surface area contributed by atoms with Gasteiger partial charge in [0, 0.05) is 38.1 Å². The number of halogens is 1. The lowest BCUT2D eigenvalue weighted by molar-refractivity contribution is 0.0906. The fourth-order valence-corrected chi connectivity index (χ4v) is 4.61. The minimum atomic E-state index is 0. The Labute approximate surface area is 207 Å². The maximum Gasteiger partial charge on any atom is 0.193 e. The second-order valence-electron chi connectivity index (χ2n) is 8.92. The molecule has 176 valence electrons. The molecule has 2 aliphatic rings. The van der Waals surface area contributed by atoms with Gasteiger partial charge >= 0.3 is 0 Å². The van der Waals surface area contributed by atoms with Crippen molar-refractivity contribution in [2.75, 3.05) is 45.9 Å². The summed E-state index contributed by atoms with van der Waals surface area (Å²) in [6.45, 7) is 12.6. The van der Waals surface area contributed by atoms with E-state index in [2.05, 4.69) is 53.2 Å². The standard InChI is InChI=1S/C25H42N4O.HI/c1-3-26-25(27-15-8-10-17-28-16-9-7-11-22(28)2)29-18-14-24(19-29)21-30-20-23-12-5-4-6-13-23;/h4-6,12-13,22,24H,3,7-11,14-21H2,1-2H3,(H,26,27);1H. The van der Waals surface area contributed by atoms with Crippen molar-refractivity contribution < 1.29 is 4.74 Å². The van der Waals surface area contributed by atoms with E-state index in [1.54, 1.807) is 0 Å². The second-order valence-corrected chi connectivity index (χ2v) is 8.92. The number of benzene rings is 1. The quantitative estimate of drug-likeness (QED) is 0.200. The molecule has 0 spiro atoms. The van der Waals surface area contributed by atoms with E-state index in [0.29, 0.717) is 12.5 Å². The molecule has 2 heterocycles. The predicted octanol–water partition coefficient (Wildman–Crippen LogP) is 4.76. The average Bonchev–Trinajstić information content (AvgIpc) is 3.23. The van der Waals surface area contributed by atoms with Gasteiger partial charge in [0.1, 0.15) is 0 Å². The summed E-state index contributed by atoms with van der Waals surface area (Å²) in [5.41, 5.74) is 1.25. The van der Waals surface area contributed by atoms with E-state index in [-0.39, 0.29) is 24.0 Å². The van der Waals surface area contributed by atoms with Crippen LogP contribution in [0.1, 0.15) is 57.9 Å². The fraction of sp³-hybridized carbons (Fsp3) is 0.720. The molecule has 0 aromatic heterocycles. The van der Waals surface area contributed by atoms with Gasteiger partial charge in [-0.05, 0) is 64.6 Å². The normalized spacial score (nSPS) is 22.4. The highest BCUT2D eigenvalue weighted by Gasteiger charge is 2.25. The first-order valence-electron chi connectivity index (χ1n) is 12.1. The number of ether oxygens (including phenoxy) is 1. The van der Waals surface area contributed by atoms with Crippen LogP contribution in [0.3, 0.4) is 0 Å². The Morgan fingerprint density at radius 1 is 1.13 bits per heavy atom. The minimum Gasteiger partial charge on any atom is -0.376 e. The second kappa shape index (κ2) is 15.1. The van der Waals surface area contributed by atoms with Gasteiger partial charge in [-0.1, -0.05) is 36.8 Å². The molecule has 0 saturated carbocycles. The van der Waals surface area contributed by atoms with Gasteiger partial charge in [0.2, 0.25) is 0 Å². The minimum absolute atomic E-state index is 0. The molecule has 2 atom stereocenters. The first kappa shape index (κ1) is 26.4. The smallest absolute Gasteiger partial charge is 0.193 e. The molecule has 0 radical (unpaired) electrons. The molecule has 5 nitrogen and oxygen atoms in total. The Hall–Kier alpha value is -0.860. The Bertz CT molecular complexity index is 627. The fourth-order valence-electron chi connectivity index (χ4n) is 4.61. The molecule has 1 N–H and O–H groups in total. The van der Waals surface area contributed by atoms with Crippen LogP contribution in [0.25, 0.3) is 0 Å². The lowest BCUT2D eigenvalue weighted by atomic mass is 10.0. The Morgan fingerprint density at radius 3 is 2.74 bits per heavy atom. The molecule has 31 heavy (non-hydrogen) atoms. The van der Waals surface area contributed by atoms with Gasteiger partial charge in [-0.2, -0.15) is 0 Å². The van der Waals surface area contributed by atoms with E-state index in [9.17, 15) is 0 Å². The van der Waals surface area contributed by atoms with Gasteiger partial charge in [0.15, 0.2) is 5.96 Å². The third-order valence-corrected chi connectivity index (χ3v) is 6.44. The van der Waals surface area contributed by atoms with Crippen LogP contribution >= 0.6 is 24.0 Å². The van der Waals surface area contributed by atoms with Crippen LogP contribution in [0.4, 0.5) is 0 Å². The van der Waals surface area contributed by atoms with E-state index >= 15 is 0 Å². The van der Waals surface area contributed by atoms with E-state index in [1.165, 1.54) is 57.2 Å². The molecular formula is C25H43IN4O. The molecule has 6 heteroatoms. The maximum absolute atomic E-state index is 5.98. The van der Waals surface area contributed by atoms with Gasteiger partial charge in [0.05, 0.1) is 13.2 Å². The zero-order valence-electron chi connectivity index (χ0n) is 19.6. The van der Waals surface area contributed by atoms with Gasteiger partial charge < -0.3 is 19.9 Å². The molecule has 0 bridgehead atoms. The number of hydrogen-bond acceptors (Lipinski definition) is 3. The van der Waals surface area contributed by atoms with Crippen LogP contribution in [-0.2, 0) is 11.3 Å². The summed E-state index contributed by atoms with van der Waals surface area (Å²) in [4.78, 5) is 10.0. The lowest BCUT2D eigenvalue weighted by Gasteiger charge is -2.33. The van der Waals surface area contributed by atoms with Gasteiger partial charge in [-0.15, -0.1) is 24.0 Å². The first-order valence-corrected chi connectivity index (χ1v) is 12.1. The number of aliphatic imine (C=N–C) groups is 1. The van der Waals surface area contributed by atoms with Crippen LogP contribution in [0.2, 0.25) is 0 Å². The number of guanidine groups is 1. The van der Waals surface area contributed by atoms with Crippen molar-refractivity contribution in [2.24, 2.45) is 10.9 Å². The van der Waals surface area contributed by atoms with Crippen LogP contribution < -0.4 is 5.32 Å². The lowest BCUT2D eigenvalue weighted by Crippen LogP contribution is -2.40. The molecule has 0 aliphatic carbocycles. The molecular weight excluding hydrogens is 499 g/mol. The van der Waals surface area contributed by atoms with Crippen molar-refractivity contribution in [3.8, 4) is 0 Å². The summed E-state index contributed by atoms with van der Waals surface area (Å²) in [6.07, 6.45) is 7.76. The molecule has 0 amide bonds. The summed E-state index contributed by atoms with van der Waals surface area (Å²) in [6, 6.07) is 11.2. The number of rotatable bonds is 10. The third kappa shape index (κ3) is 9.26. The number of hydrogen-bond donors (Lipinski definition) is 1. The Balaban J connectivity index is 0.00000341. The number of nitrogens with one attached hydrogen (secondary N) is 1. The van der Waals surface area contributed by atoms with Crippen molar-refractivity contribution in [1.29, 1.82) is 0 Å². The summed E-state index contributed by atoms with van der Waals surface area (Å²) >= 11 is 0. The topological polar surface area (TPSA) is 40.1 Å². The van der Waals surface area contributed by atoms with Crippen LogP contribution in [0.15, 0.2) is 35.3 Å². The molecule has 1 aromatic carbocycles. The van der Waals surface area contributed by atoms with Crippen molar-refractivity contribution >= 4 is 29.9 Å². The molecule has 2 unspecified atom stereocenters.